The SMILES string of the molecule is CCNC(=NCc1cccc(OC)c1O)NCC(C)Oc1ccccc1Br. The van der Waals surface area contributed by atoms with Crippen LogP contribution in [0.3, 0.4) is 0 Å². The number of phenols is 1. The molecule has 7 heteroatoms. The Kier molecular flexibility index (Phi) is 8.26. The van der Waals surface area contributed by atoms with Crippen LogP contribution in [0, 0.1) is 0 Å². The molecule has 6 nitrogen and oxygen atoms in total. The molecular weight excluding hydrogens is 410 g/mol. The summed E-state index contributed by atoms with van der Waals surface area (Å²) in [6.45, 7) is 5.63. The van der Waals surface area contributed by atoms with Crippen molar-refractivity contribution < 1.29 is 14.6 Å². The third kappa shape index (κ3) is 6.36. The molecule has 0 aromatic heterocycles. The quantitative estimate of drug-likeness (QED) is 0.435. The van der Waals surface area contributed by atoms with E-state index in [4.69, 9.17) is 9.47 Å². The molecule has 0 aliphatic carbocycles. The summed E-state index contributed by atoms with van der Waals surface area (Å²) >= 11 is 3.48. The van der Waals surface area contributed by atoms with Gasteiger partial charge in [0.1, 0.15) is 11.9 Å². The van der Waals surface area contributed by atoms with Crippen LogP contribution in [0.2, 0.25) is 0 Å². The van der Waals surface area contributed by atoms with Crippen molar-refractivity contribution in [2.24, 2.45) is 4.99 Å². The Morgan fingerprint density at radius 3 is 2.59 bits per heavy atom. The summed E-state index contributed by atoms with van der Waals surface area (Å²) in [5.41, 5.74) is 0.698. The summed E-state index contributed by atoms with van der Waals surface area (Å²) in [7, 11) is 1.53. The van der Waals surface area contributed by atoms with E-state index in [0.29, 0.717) is 30.4 Å². The van der Waals surface area contributed by atoms with E-state index in [0.717, 1.165) is 16.8 Å². The van der Waals surface area contributed by atoms with Crippen LogP contribution in [-0.2, 0) is 6.54 Å². The molecule has 0 bridgehead atoms. The smallest absolute Gasteiger partial charge is 0.191 e. The minimum absolute atomic E-state index is 0.0576. The largest absolute Gasteiger partial charge is 0.504 e. The van der Waals surface area contributed by atoms with Crippen LogP contribution >= 0.6 is 15.9 Å². The van der Waals surface area contributed by atoms with Crippen LogP contribution in [0.15, 0.2) is 51.9 Å². The first-order chi connectivity index (χ1) is 13.0. The molecule has 1 atom stereocenters. The molecule has 2 aromatic carbocycles. The van der Waals surface area contributed by atoms with Gasteiger partial charge in [-0.2, -0.15) is 0 Å². The topological polar surface area (TPSA) is 75.1 Å². The summed E-state index contributed by atoms with van der Waals surface area (Å²) < 4.78 is 12.0. The van der Waals surface area contributed by atoms with E-state index in [1.807, 2.05) is 50.2 Å². The molecule has 0 radical (unpaired) electrons. The van der Waals surface area contributed by atoms with Gasteiger partial charge in [0.15, 0.2) is 17.5 Å². The number of hydrogen-bond acceptors (Lipinski definition) is 4. The lowest BCUT2D eigenvalue weighted by Gasteiger charge is -2.18. The van der Waals surface area contributed by atoms with Gasteiger partial charge in [-0.25, -0.2) is 4.99 Å². The van der Waals surface area contributed by atoms with Gasteiger partial charge in [0.25, 0.3) is 0 Å². The fourth-order valence-electron chi connectivity index (χ4n) is 2.41. The van der Waals surface area contributed by atoms with Crippen molar-refractivity contribution in [2.75, 3.05) is 20.2 Å². The predicted molar refractivity (Wildman–Crippen MR) is 112 cm³/mol. The summed E-state index contributed by atoms with van der Waals surface area (Å²) in [6, 6.07) is 13.1. The number of aliphatic imine (C=N–C) groups is 1. The molecule has 0 fully saturated rings. The van der Waals surface area contributed by atoms with E-state index in [9.17, 15) is 5.11 Å². The first-order valence-electron chi connectivity index (χ1n) is 8.83. The molecule has 0 spiro atoms. The number of para-hydroxylation sites is 2. The van der Waals surface area contributed by atoms with Crippen LogP contribution in [-0.4, -0.2) is 37.4 Å². The predicted octanol–water partition coefficient (Wildman–Crippen LogP) is 3.69. The van der Waals surface area contributed by atoms with Crippen molar-refractivity contribution in [2.45, 2.75) is 26.5 Å². The number of nitrogens with zero attached hydrogens (tertiary/aromatic N) is 1. The molecular formula is C20H26BrN3O3. The van der Waals surface area contributed by atoms with Crippen molar-refractivity contribution in [3.05, 3.63) is 52.5 Å². The minimum Gasteiger partial charge on any atom is -0.504 e. The highest BCUT2D eigenvalue weighted by molar-refractivity contribution is 9.10. The summed E-state index contributed by atoms with van der Waals surface area (Å²) in [5.74, 6) is 2.01. The van der Waals surface area contributed by atoms with E-state index >= 15 is 0 Å². The molecule has 0 saturated heterocycles. The number of rotatable bonds is 8. The lowest BCUT2D eigenvalue weighted by atomic mass is 10.2. The standard InChI is InChI=1S/C20H26BrN3O3/c1-4-22-20(24-13-15-8-7-11-18(26-3)19(15)25)23-12-14(2)27-17-10-6-5-9-16(17)21/h5-11,14,25H,4,12-13H2,1-3H3,(H2,22,23,24). The van der Waals surface area contributed by atoms with Gasteiger partial charge in [-0.15, -0.1) is 0 Å². The van der Waals surface area contributed by atoms with Crippen LogP contribution in [0.5, 0.6) is 17.2 Å². The van der Waals surface area contributed by atoms with Gasteiger partial charge in [-0.3, -0.25) is 0 Å². The molecule has 146 valence electrons. The number of halogens is 1. The van der Waals surface area contributed by atoms with Crippen molar-refractivity contribution >= 4 is 21.9 Å². The van der Waals surface area contributed by atoms with Gasteiger partial charge < -0.3 is 25.2 Å². The number of phenolic OH excluding ortho intramolecular Hbond substituents is 1. The van der Waals surface area contributed by atoms with E-state index < -0.39 is 0 Å². The Hall–Kier alpha value is -2.41. The van der Waals surface area contributed by atoms with Gasteiger partial charge in [0.2, 0.25) is 0 Å². The number of aromatic hydroxyl groups is 1. The molecule has 27 heavy (non-hydrogen) atoms. The number of guanidine groups is 1. The molecule has 0 amide bonds. The second-order valence-electron chi connectivity index (χ2n) is 5.90. The molecule has 0 saturated carbocycles. The Morgan fingerprint density at radius 1 is 1.15 bits per heavy atom. The molecule has 1 unspecified atom stereocenters. The highest BCUT2D eigenvalue weighted by Crippen LogP contribution is 2.29. The third-order valence-electron chi connectivity index (χ3n) is 3.78. The highest BCUT2D eigenvalue weighted by Gasteiger charge is 2.09. The second kappa shape index (κ2) is 10.7. The number of ether oxygens (including phenoxy) is 2. The maximum Gasteiger partial charge on any atom is 0.191 e. The molecule has 3 N–H and O–H groups in total. The summed E-state index contributed by atoms with van der Waals surface area (Å²) in [5, 5.41) is 16.6. The molecule has 0 aliphatic rings. The lowest BCUT2D eigenvalue weighted by molar-refractivity contribution is 0.222. The van der Waals surface area contributed by atoms with E-state index in [2.05, 4.69) is 31.6 Å². The number of nitrogens with one attached hydrogen (secondary N) is 2. The fraction of sp³-hybridized carbons (Fsp3) is 0.350. The van der Waals surface area contributed by atoms with Crippen molar-refractivity contribution in [1.82, 2.24) is 10.6 Å². The normalized spacial score (nSPS) is 12.4. The van der Waals surface area contributed by atoms with Crippen LogP contribution < -0.4 is 20.1 Å². The monoisotopic (exact) mass is 435 g/mol. The summed E-state index contributed by atoms with van der Waals surface area (Å²) in [6.07, 6.45) is -0.0576. The minimum atomic E-state index is -0.0576. The van der Waals surface area contributed by atoms with Crippen molar-refractivity contribution in [3.63, 3.8) is 0 Å². The van der Waals surface area contributed by atoms with Gasteiger partial charge >= 0.3 is 0 Å². The number of hydrogen-bond donors (Lipinski definition) is 3. The summed E-state index contributed by atoms with van der Waals surface area (Å²) in [4.78, 5) is 4.53. The first kappa shape index (κ1) is 20.9. The third-order valence-corrected chi connectivity index (χ3v) is 4.43. The average molecular weight is 436 g/mol. The Bertz CT molecular complexity index is 768. The number of methoxy groups -OCH3 is 1. The van der Waals surface area contributed by atoms with Gasteiger partial charge in [0, 0.05) is 12.1 Å². The van der Waals surface area contributed by atoms with Crippen LogP contribution in [0.1, 0.15) is 19.4 Å². The van der Waals surface area contributed by atoms with Crippen molar-refractivity contribution in [3.8, 4) is 17.2 Å². The Labute approximate surface area is 168 Å². The molecule has 2 rings (SSSR count). The van der Waals surface area contributed by atoms with Crippen molar-refractivity contribution in [1.29, 1.82) is 0 Å². The molecule has 0 aliphatic heterocycles. The van der Waals surface area contributed by atoms with Gasteiger partial charge in [-0.05, 0) is 48.0 Å². The zero-order valence-corrected chi connectivity index (χ0v) is 17.4. The first-order valence-corrected chi connectivity index (χ1v) is 9.62. The molecule has 2 aromatic rings. The van der Waals surface area contributed by atoms with Crippen LogP contribution in [0.4, 0.5) is 0 Å². The van der Waals surface area contributed by atoms with E-state index in [1.54, 1.807) is 6.07 Å². The Balaban J connectivity index is 1.96. The zero-order valence-electron chi connectivity index (χ0n) is 15.8. The average Bonchev–Trinajstić information content (AvgIpc) is 2.67. The number of benzene rings is 2. The Morgan fingerprint density at radius 2 is 1.89 bits per heavy atom. The lowest BCUT2D eigenvalue weighted by Crippen LogP contribution is -2.41. The second-order valence-corrected chi connectivity index (χ2v) is 6.76. The van der Waals surface area contributed by atoms with Gasteiger partial charge in [0.05, 0.1) is 24.7 Å². The van der Waals surface area contributed by atoms with E-state index in [1.165, 1.54) is 7.11 Å². The highest BCUT2D eigenvalue weighted by atomic mass is 79.9. The fourth-order valence-corrected chi connectivity index (χ4v) is 2.78. The van der Waals surface area contributed by atoms with E-state index in [-0.39, 0.29) is 11.9 Å². The maximum atomic E-state index is 10.2. The van der Waals surface area contributed by atoms with Gasteiger partial charge in [-0.1, -0.05) is 24.3 Å². The van der Waals surface area contributed by atoms with Crippen LogP contribution in [0.25, 0.3) is 0 Å². The molecule has 0 heterocycles. The zero-order chi connectivity index (χ0) is 19.6. The maximum absolute atomic E-state index is 10.2.